The number of esters is 1. The van der Waals surface area contributed by atoms with Gasteiger partial charge in [-0.1, -0.05) is 19.9 Å². The minimum Gasteiger partial charge on any atom is -0.454 e. The van der Waals surface area contributed by atoms with Crippen LogP contribution in [0.2, 0.25) is 0 Å². The molecule has 0 spiro atoms. The largest absolute Gasteiger partial charge is 0.454 e. The van der Waals surface area contributed by atoms with Crippen molar-refractivity contribution in [1.82, 2.24) is 0 Å². The number of carbonyl (C=O) groups is 2. The van der Waals surface area contributed by atoms with E-state index >= 15 is 0 Å². The van der Waals surface area contributed by atoms with Gasteiger partial charge < -0.3 is 4.74 Å². The molecule has 0 heterocycles. The number of ether oxygens (including phenoxy) is 1. The first-order valence-electron chi connectivity index (χ1n) is 5.07. The van der Waals surface area contributed by atoms with Gasteiger partial charge in [0.15, 0.2) is 12.4 Å². The van der Waals surface area contributed by atoms with Crippen LogP contribution in [0.5, 0.6) is 0 Å². The Bertz CT molecular complexity index is 421. The van der Waals surface area contributed by atoms with Gasteiger partial charge in [0.1, 0.15) is 17.2 Å². The minimum absolute atomic E-state index is 0.298. The SMILES string of the molecule is CC(C)C(=O)COC(=O)c1c(F)cccc1F. The molecule has 0 amide bonds. The molecule has 0 N–H and O–H groups in total. The molecule has 1 aromatic rings. The maximum absolute atomic E-state index is 13.2. The smallest absolute Gasteiger partial charge is 0.344 e. The van der Waals surface area contributed by atoms with E-state index in [4.69, 9.17) is 0 Å². The zero-order valence-electron chi connectivity index (χ0n) is 9.50. The lowest BCUT2D eigenvalue weighted by atomic mass is 10.1. The second-order valence-corrected chi connectivity index (χ2v) is 3.79. The van der Waals surface area contributed by atoms with Crippen LogP contribution in [0.1, 0.15) is 24.2 Å². The van der Waals surface area contributed by atoms with Crippen LogP contribution in [0.4, 0.5) is 8.78 Å². The van der Waals surface area contributed by atoms with Crippen LogP contribution in [0.3, 0.4) is 0 Å². The predicted molar refractivity (Wildman–Crippen MR) is 56.5 cm³/mol. The highest BCUT2D eigenvalue weighted by atomic mass is 19.1. The maximum Gasteiger partial charge on any atom is 0.344 e. The molecule has 0 radical (unpaired) electrons. The third kappa shape index (κ3) is 3.34. The molecule has 0 aliphatic heterocycles. The van der Waals surface area contributed by atoms with E-state index in [2.05, 4.69) is 4.74 Å². The fourth-order valence-electron chi connectivity index (χ4n) is 1.07. The van der Waals surface area contributed by atoms with E-state index in [0.29, 0.717) is 0 Å². The molecule has 0 aromatic heterocycles. The van der Waals surface area contributed by atoms with Crippen LogP contribution in [-0.4, -0.2) is 18.4 Å². The van der Waals surface area contributed by atoms with Gasteiger partial charge in [-0.3, -0.25) is 4.79 Å². The first kappa shape index (κ1) is 13.3. The third-order valence-electron chi connectivity index (χ3n) is 2.16. The summed E-state index contributed by atoms with van der Waals surface area (Å²) in [6.45, 7) is 2.80. The van der Waals surface area contributed by atoms with Crippen molar-refractivity contribution in [2.75, 3.05) is 6.61 Å². The van der Waals surface area contributed by atoms with Crippen molar-refractivity contribution in [3.8, 4) is 0 Å². The molecule has 5 heteroatoms. The van der Waals surface area contributed by atoms with Gasteiger partial charge in [-0.15, -0.1) is 0 Å². The van der Waals surface area contributed by atoms with Gasteiger partial charge in [-0.25, -0.2) is 13.6 Å². The Morgan fingerprint density at radius 1 is 1.24 bits per heavy atom. The second-order valence-electron chi connectivity index (χ2n) is 3.79. The first-order chi connectivity index (χ1) is 7.93. The monoisotopic (exact) mass is 242 g/mol. The molecule has 0 fully saturated rings. The highest BCUT2D eigenvalue weighted by molar-refractivity contribution is 5.92. The summed E-state index contributed by atoms with van der Waals surface area (Å²) in [4.78, 5) is 22.5. The zero-order valence-corrected chi connectivity index (χ0v) is 9.50. The highest BCUT2D eigenvalue weighted by Crippen LogP contribution is 2.13. The van der Waals surface area contributed by atoms with Gasteiger partial charge >= 0.3 is 5.97 Å². The van der Waals surface area contributed by atoms with Gasteiger partial charge in [-0.05, 0) is 12.1 Å². The Labute approximate surface area is 97.4 Å². The Morgan fingerprint density at radius 2 is 1.76 bits per heavy atom. The molecule has 3 nitrogen and oxygen atoms in total. The van der Waals surface area contributed by atoms with Crippen molar-refractivity contribution in [3.63, 3.8) is 0 Å². The fourth-order valence-corrected chi connectivity index (χ4v) is 1.07. The Morgan fingerprint density at radius 3 is 2.24 bits per heavy atom. The van der Waals surface area contributed by atoms with Crippen LogP contribution < -0.4 is 0 Å². The van der Waals surface area contributed by atoms with E-state index in [1.54, 1.807) is 13.8 Å². The lowest BCUT2D eigenvalue weighted by Crippen LogP contribution is -2.19. The van der Waals surface area contributed by atoms with Crippen molar-refractivity contribution in [3.05, 3.63) is 35.4 Å². The van der Waals surface area contributed by atoms with E-state index in [9.17, 15) is 18.4 Å². The lowest BCUT2D eigenvalue weighted by molar-refractivity contribution is -0.125. The van der Waals surface area contributed by atoms with Gasteiger partial charge in [-0.2, -0.15) is 0 Å². The number of benzene rings is 1. The van der Waals surface area contributed by atoms with Crippen molar-refractivity contribution in [2.45, 2.75) is 13.8 Å². The number of carbonyl (C=O) groups excluding carboxylic acids is 2. The number of rotatable bonds is 4. The van der Waals surface area contributed by atoms with Crippen molar-refractivity contribution in [1.29, 1.82) is 0 Å². The number of ketones is 1. The van der Waals surface area contributed by atoms with E-state index < -0.39 is 29.8 Å². The molecule has 0 saturated carbocycles. The van der Waals surface area contributed by atoms with E-state index in [1.165, 1.54) is 0 Å². The van der Waals surface area contributed by atoms with Crippen molar-refractivity contribution >= 4 is 11.8 Å². The molecule has 0 aliphatic rings. The molecule has 92 valence electrons. The molecule has 1 aromatic carbocycles. The summed E-state index contributed by atoms with van der Waals surface area (Å²) >= 11 is 0. The second kappa shape index (κ2) is 5.52. The average molecular weight is 242 g/mol. The summed E-state index contributed by atoms with van der Waals surface area (Å²) in [5.41, 5.74) is -0.774. The third-order valence-corrected chi connectivity index (χ3v) is 2.16. The van der Waals surface area contributed by atoms with Crippen LogP contribution in [0.25, 0.3) is 0 Å². The van der Waals surface area contributed by atoms with Gasteiger partial charge in [0, 0.05) is 5.92 Å². The van der Waals surface area contributed by atoms with E-state index in [0.717, 1.165) is 18.2 Å². The molecule has 0 bridgehead atoms. The van der Waals surface area contributed by atoms with Crippen molar-refractivity contribution < 1.29 is 23.1 Å². The average Bonchev–Trinajstić information content (AvgIpc) is 2.25. The van der Waals surface area contributed by atoms with Gasteiger partial charge in [0.2, 0.25) is 0 Å². The maximum atomic E-state index is 13.2. The first-order valence-corrected chi connectivity index (χ1v) is 5.07. The Kier molecular flexibility index (Phi) is 4.31. The van der Waals surface area contributed by atoms with Crippen LogP contribution in [0.15, 0.2) is 18.2 Å². The fraction of sp³-hybridized carbons (Fsp3) is 0.333. The minimum atomic E-state index is -1.17. The molecule has 0 saturated heterocycles. The number of hydrogen-bond donors (Lipinski definition) is 0. The molecule has 0 aliphatic carbocycles. The number of halogens is 2. The Balaban J connectivity index is 2.74. The molecule has 0 atom stereocenters. The standard InChI is InChI=1S/C12H12F2O3/c1-7(2)10(15)6-17-12(16)11-8(13)4-3-5-9(11)14/h3-5,7H,6H2,1-2H3. The molecule has 17 heavy (non-hydrogen) atoms. The lowest BCUT2D eigenvalue weighted by Gasteiger charge is -2.07. The summed E-state index contributed by atoms with van der Waals surface area (Å²) in [6, 6.07) is 3.04. The summed E-state index contributed by atoms with van der Waals surface area (Å²) in [5.74, 6) is -3.79. The number of Topliss-reactive ketones (excluding diaryl/α,β-unsaturated/α-hetero) is 1. The predicted octanol–water partition coefficient (Wildman–Crippen LogP) is 2.35. The zero-order chi connectivity index (χ0) is 13.0. The quantitative estimate of drug-likeness (QED) is 0.761. The highest BCUT2D eigenvalue weighted by Gasteiger charge is 2.19. The summed E-state index contributed by atoms with van der Waals surface area (Å²) in [5, 5.41) is 0. The summed E-state index contributed by atoms with van der Waals surface area (Å²) in [7, 11) is 0. The molecular formula is C12H12F2O3. The van der Waals surface area contributed by atoms with E-state index in [-0.39, 0.29) is 11.7 Å². The Hall–Kier alpha value is -1.78. The summed E-state index contributed by atoms with van der Waals surface area (Å²) < 4.78 is 30.9. The number of hydrogen-bond acceptors (Lipinski definition) is 3. The van der Waals surface area contributed by atoms with Crippen LogP contribution in [0, 0.1) is 17.6 Å². The normalized spacial score (nSPS) is 10.4. The van der Waals surface area contributed by atoms with E-state index in [1.807, 2.05) is 0 Å². The summed E-state index contributed by atoms with van der Waals surface area (Å²) in [6.07, 6.45) is 0. The van der Waals surface area contributed by atoms with Gasteiger partial charge in [0.25, 0.3) is 0 Å². The van der Waals surface area contributed by atoms with Gasteiger partial charge in [0.05, 0.1) is 0 Å². The van der Waals surface area contributed by atoms with Crippen LogP contribution in [-0.2, 0) is 9.53 Å². The molecule has 0 unspecified atom stereocenters. The van der Waals surface area contributed by atoms with Crippen LogP contribution >= 0.6 is 0 Å². The molecular weight excluding hydrogens is 230 g/mol. The van der Waals surface area contributed by atoms with Crippen molar-refractivity contribution in [2.24, 2.45) is 5.92 Å². The molecule has 1 rings (SSSR count). The topological polar surface area (TPSA) is 43.4 Å².